The van der Waals surface area contributed by atoms with Gasteiger partial charge >= 0.3 is 0 Å². The molecule has 0 amide bonds. The quantitative estimate of drug-likeness (QED) is 0.675. The predicted octanol–water partition coefficient (Wildman–Crippen LogP) is 1.76. The van der Waals surface area contributed by atoms with E-state index in [0.29, 0.717) is 5.88 Å². The molecule has 0 saturated heterocycles. The topological polar surface area (TPSA) is 20.2 Å². The lowest BCUT2D eigenvalue weighted by Gasteiger charge is -2.21. The van der Waals surface area contributed by atoms with Gasteiger partial charge in [-0.05, 0) is 13.8 Å². The molecule has 0 aliphatic heterocycles. The van der Waals surface area contributed by atoms with Crippen LogP contribution in [0.2, 0.25) is 0 Å². The molecule has 0 fully saturated rings. The Labute approximate surface area is 63.2 Å². The third-order valence-corrected chi connectivity index (χ3v) is 3.03. The Balaban J connectivity index is 3.62. The summed E-state index contributed by atoms with van der Waals surface area (Å²) in [5.41, 5.74) is -0.707. The van der Waals surface area contributed by atoms with Crippen molar-refractivity contribution in [1.82, 2.24) is 0 Å². The summed E-state index contributed by atoms with van der Waals surface area (Å²) in [7, 11) is 0. The van der Waals surface area contributed by atoms with Gasteiger partial charge in [-0.1, -0.05) is 15.9 Å². The molecule has 1 unspecified atom stereocenters. The van der Waals surface area contributed by atoms with Crippen molar-refractivity contribution in [2.45, 2.75) is 24.3 Å². The molecule has 0 aromatic rings. The van der Waals surface area contributed by atoms with Gasteiger partial charge in [-0.2, -0.15) is 0 Å². The molecule has 50 valence electrons. The first-order valence-corrected chi connectivity index (χ1v) is 3.86. The van der Waals surface area contributed by atoms with Crippen LogP contribution in [0.15, 0.2) is 0 Å². The minimum Gasteiger partial charge on any atom is -0.389 e. The molecule has 3 heteroatoms. The van der Waals surface area contributed by atoms with Crippen LogP contribution in [0.5, 0.6) is 0 Å². The number of alkyl halides is 2. The van der Waals surface area contributed by atoms with Crippen LogP contribution in [0.1, 0.15) is 13.8 Å². The van der Waals surface area contributed by atoms with Gasteiger partial charge in [0.05, 0.1) is 10.4 Å². The normalized spacial score (nSPS) is 16.1. The van der Waals surface area contributed by atoms with Crippen LogP contribution in [0.3, 0.4) is 0 Å². The minimum atomic E-state index is -0.707. The molecule has 1 atom stereocenters. The first-order chi connectivity index (χ1) is 3.48. The first kappa shape index (κ1) is 8.73. The van der Waals surface area contributed by atoms with Gasteiger partial charge in [0.2, 0.25) is 0 Å². The predicted molar refractivity (Wildman–Crippen MR) is 39.7 cm³/mol. The molecule has 0 aromatic heterocycles. The zero-order chi connectivity index (χ0) is 6.78. The van der Waals surface area contributed by atoms with Crippen molar-refractivity contribution in [1.29, 1.82) is 0 Å². The van der Waals surface area contributed by atoms with Crippen LogP contribution < -0.4 is 0 Å². The van der Waals surface area contributed by atoms with Crippen LogP contribution in [-0.2, 0) is 0 Å². The monoisotopic (exact) mass is 200 g/mol. The third-order valence-electron chi connectivity index (χ3n) is 0.902. The van der Waals surface area contributed by atoms with E-state index < -0.39 is 5.60 Å². The molecule has 0 heterocycles. The average molecular weight is 201 g/mol. The number of halogens is 2. The molecule has 0 aromatic carbocycles. The van der Waals surface area contributed by atoms with Crippen LogP contribution in [0.4, 0.5) is 0 Å². The summed E-state index contributed by atoms with van der Waals surface area (Å²) in [4.78, 5) is -0.0170. The molecule has 0 radical (unpaired) electrons. The molecule has 0 aliphatic carbocycles. The van der Waals surface area contributed by atoms with Crippen molar-refractivity contribution in [2.24, 2.45) is 0 Å². The maximum Gasteiger partial charge on any atom is 0.0727 e. The van der Waals surface area contributed by atoms with Crippen molar-refractivity contribution < 1.29 is 5.11 Å². The lowest BCUT2D eigenvalue weighted by Crippen LogP contribution is -2.32. The summed E-state index contributed by atoms with van der Waals surface area (Å²) in [6.07, 6.45) is 0. The van der Waals surface area contributed by atoms with Gasteiger partial charge < -0.3 is 5.11 Å². The van der Waals surface area contributed by atoms with Crippen LogP contribution in [0, 0.1) is 0 Å². The van der Waals surface area contributed by atoms with Crippen LogP contribution in [-0.4, -0.2) is 21.4 Å². The van der Waals surface area contributed by atoms with Crippen LogP contribution >= 0.6 is 27.5 Å². The standard InChI is InChI=1S/C5H10BrClO/c1-5(2,8)4(6)3-7/h4,8H,3H2,1-2H3. The zero-order valence-electron chi connectivity index (χ0n) is 4.99. The number of hydrogen-bond donors (Lipinski definition) is 1. The van der Waals surface area contributed by atoms with E-state index in [0.717, 1.165) is 0 Å². The summed E-state index contributed by atoms with van der Waals surface area (Å²) in [6.45, 7) is 3.43. The Bertz CT molecular complexity index is 69.3. The van der Waals surface area contributed by atoms with Crippen molar-refractivity contribution >= 4 is 27.5 Å². The molecule has 0 saturated carbocycles. The maximum absolute atomic E-state index is 9.15. The molecule has 0 spiro atoms. The Hall–Kier alpha value is 0.730. The van der Waals surface area contributed by atoms with Gasteiger partial charge in [-0.15, -0.1) is 11.6 Å². The fraction of sp³-hybridized carbons (Fsp3) is 1.00. The molecule has 0 aliphatic rings. The van der Waals surface area contributed by atoms with Gasteiger partial charge in [0.1, 0.15) is 0 Å². The SMILES string of the molecule is CC(C)(O)C(Br)CCl. The van der Waals surface area contributed by atoms with E-state index in [4.69, 9.17) is 16.7 Å². The summed E-state index contributed by atoms with van der Waals surface area (Å²) < 4.78 is 0. The van der Waals surface area contributed by atoms with E-state index in [-0.39, 0.29) is 4.83 Å². The van der Waals surface area contributed by atoms with Crippen molar-refractivity contribution in [3.05, 3.63) is 0 Å². The Morgan fingerprint density at radius 1 is 1.75 bits per heavy atom. The van der Waals surface area contributed by atoms with Gasteiger partial charge in [0.25, 0.3) is 0 Å². The van der Waals surface area contributed by atoms with E-state index in [9.17, 15) is 0 Å². The number of rotatable bonds is 2. The number of aliphatic hydroxyl groups is 1. The Kier molecular flexibility index (Phi) is 3.32. The molecule has 1 nitrogen and oxygen atoms in total. The summed E-state index contributed by atoms with van der Waals surface area (Å²) in [6, 6.07) is 0. The largest absolute Gasteiger partial charge is 0.389 e. The zero-order valence-corrected chi connectivity index (χ0v) is 7.33. The first-order valence-electron chi connectivity index (χ1n) is 2.41. The van der Waals surface area contributed by atoms with Crippen molar-refractivity contribution in [2.75, 3.05) is 5.88 Å². The summed E-state index contributed by atoms with van der Waals surface area (Å²) in [5.74, 6) is 0.434. The lowest BCUT2D eigenvalue weighted by atomic mass is 10.1. The second-order valence-corrected chi connectivity index (χ2v) is 3.69. The van der Waals surface area contributed by atoms with E-state index in [1.54, 1.807) is 13.8 Å². The lowest BCUT2D eigenvalue weighted by molar-refractivity contribution is 0.0851. The molecular formula is C5H10BrClO. The number of hydrogen-bond acceptors (Lipinski definition) is 1. The fourth-order valence-corrected chi connectivity index (χ4v) is 0.566. The van der Waals surface area contributed by atoms with Crippen LogP contribution in [0.25, 0.3) is 0 Å². The molecule has 0 rings (SSSR count). The van der Waals surface area contributed by atoms with E-state index in [1.165, 1.54) is 0 Å². The highest BCUT2D eigenvalue weighted by Crippen LogP contribution is 2.17. The maximum atomic E-state index is 9.15. The highest BCUT2D eigenvalue weighted by molar-refractivity contribution is 9.09. The fourth-order valence-electron chi connectivity index (χ4n) is 0.189. The van der Waals surface area contributed by atoms with Crippen molar-refractivity contribution in [3.8, 4) is 0 Å². The van der Waals surface area contributed by atoms with Crippen molar-refractivity contribution in [3.63, 3.8) is 0 Å². The highest BCUT2D eigenvalue weighted by Gasteiger charge is 2.22. The van der Waals surface area contributed by atoms with Gasteiger partial charge in [0, 0.05) is 5.88 Å². The summed E-state index contributed by atoms with van der Waals surface area (Å²) in [5, 5.41) is 9.15. The van der Waals surface area contributed by atoms with Gasteiger partial charge in [-0.25, -0.2) is 0 Å². The molecule has 1 N–H and O–H groups in total. The van der Waals surface area contributed by atoms with E-state index in [1.807, 2.05) is 0 Å². The molecule has 8 heavy (non-hydrogen) atoms. The molecular weight excluding hydrogens is 191 g/mol. The summed E-state index contributed by atoms with van der Waals surface area (Å²) >= 11 is 8.65. The second-order valence-electron chi connectivity index (χ2n) is 2.28. The smallest absolute Gasteiger partial charge is 0.0727 e. The van der Waals surface area contributed by atoms with E-state index in [2.05, 4.69) is 15.9 Å². The van der Waals surface area contributed by atoms with Gasteiger partial charge in [0.15, 0.2) is 0 Å². The minimum absolute atomic E-state index is 0.0170. The third kappa shape index (κ3) is 2.90. The Morgan fingerprint density at radius 3 is 2.12 bits per heavy atom. The highest BCUT2D eigenvalue weighted by atomic mass is 79.9. The Morgan fingerprint density at radius 2 is 2.12 bits per heavy atom. The van der Waals surface area contributed by atoms with E-state index >= 15 is 0 Å². The molecule has 0 bridgehead atoms. The second kappa shape index (κ2) is 3.04. The van der Waals surface area contributed by atoms with Gasteiger partial charge in [-0.3, -0.25) is 0 Å². The average Bonchev–Trinajstić information content (AvgIpc) is 1.62.